The number of benzene rings is 1. The highest BCUT2D eigenvalue weighted by molar-refractivity contribution is 5.95. The Hall–Kier alpha value is -2.57. The van der Waals surface area contributed by atoms with E-state index in [4.69, 9.17) is 0 Å². The van der Waals surface area contributed by atoms with E-state index >= 15 is 0 Å². The second kappa shape index (κ2) is 5.91. The van der Waals surface area contributed by atoms with Crippen LogP contribution in [0.2, 0.25) is 0 Å². The van der Waals surface area contributed by atoms with Crippen molar-refractivity contribution in [1.82, 2.24) is 14.9 Å². The first-order chi connectivity index (χ1) is 11.0. The van der Waals surface area contributed by atoms with Gasteiger partial charge < -0.3 is 15.0 Å². The number of carboxylic acids is 1. The van der Waals surface area contributed by atoms with Crippen molar-refractivity contribution in [3.63, 3.8) is 0 Å². The van der Waals surface area contributed by atoms with Crippen LogP contribution in [0.25, 0.3) is 11.0 Å². The summed E-state index contributed by atoms with van der Waals surface area (Å²) in [5.41, 5.74) is 1.81. The van der Waals surface area contributed by atoms with Crippen LogP contribution in [-0.4, -0.2) is 39.2 Å². The maximum absolute atomic E-state index is 12.5. The number of nitrogens with zero attached hydrogens (tertiary/aromatic N) is 3. The molecule has 1 aromatic heterocycles. The number of hydrogen-bond donors (Lipinski definition) is 2. The minimum absolute atomic E-state index is 0.180. The van der Waals surface area contributed by atoms with Crippen molar-refractivity contribution in [2.45, 2.75) is 32.9 Å². The molecule has 1 aromatic carbocycles. The predicted octanol–water partition coefficient (Wildman–Crippen LogP) is 2.07. The monoisotopic (exact) mass is 316 g/mol. The van der Waals surface area contributed by atoms with Crippen molar-refractivity contribution in [3.8, 4) is 0 Å². The van der Waals surface area contributed by atoms with E-state index in [0.29, 0.717) is 25.5 Å². The molecule has 2 N–H and O–H groups in total. The molecule has 2 amide bonds. The van der Waals surface area contributed by atoms with Gasteiger partial charge in [0.2, 0.25) is 5.95 Å². The van der Waals surface area contributed by atoms with Crippen molar-refractivity contribution in [2.24, 2.45) is 5.92 Å². The first-order valence-electron chi connectivity index (χ1n) is 7.73. The number of aliphatic carboxylic acids is 1. The maximum Gasteiger partial charge on any atom is 0.326 e. The lowest BCUT2D eigenvalue weighted by Crippen LogP contribution is -2.48. The van der Waals surface area contributed by atoms with E-state index in [1.165, 1.54) is 4.90 Å². The van der Waals surface area contributed by atoms with Gasteiger partial charge in [0.25, 0.3) is 0 Å². The van der Waals surface area contributed by atoms with Gasteiger partial charge in [-0.1, -0.05) is 26.0 Å². The molecule has 0 saturated heterocycles. The summed E-state index contributed by atoms with van der Waals surface area (Å²) in [6.07, 6.45) is 0.394. The van der Waals surface area contributed by atoms with Crippen LogP contribution in [-0.2, 0) is 11.3 Å². The summed E-state index contributed by atoms with van der Waals surface area (Å²) in [7, 11) is 0. The number of imidazole rings is 1. The number of hydrogen-bond acceptors (Lipinski definition) is 3. The first kappa shape index (κ1) is 15.3. The van der Waals surface area contributed by atoms with E-state index in [-0.39, 0.29) is 5.92 Å². The lowest BCUT2D eigenvalue weighted by atomic mass is 10.0. The Morgan fingerprint density at radius 1 is 1.30 bits per heavy atom. The third-order valence-corrected chi connectivity index (χ3v) is 3.97. The standard InChI is InChI=1S/C16H20N4O3/c1-10(2)9-12(14(21)22)18-16(23)20-8-7-19-13-6-4-3-5-11(13)17-15(19)20/h3-6,10,12H,7-9H2,1-2H3,(H,18,23)(H,21,22)/t12-/m0/s1. The van der Waals surface area contributed by atoms with Gasteiger partial charge in [-0.3, -0.25) is 4.90 Å². The Morgan fingerprint density at radius 3 is 2.74 bits per heavy atom. The van der Waals surface area contributed by atoms with Crippen molar-refractivity contribution in [1.29, 1.82) is 0 Å². The Labute approximate surface area is 133 Å². The normalized spacial score (nSPS) is 15.0. The van der Waals surface area contributed by atoms with E-state index in [0.717, 1.165) is 11.0 Å². The molecule has 2 aromatic rings. The van der Waals surface area contributed by atoms with Gasteiger partial charge in [-0.05, 0) is 24.5 Å². The summed E-state index contributed by atoms with van der Waals surface area (Å²) in [5.74, 6) is -0.267. The molecule has 1 aliphatic heterocycles. The van der Waals surface area contributed by atoms with Gasteiger partial charge in [-0.15, -0.1) is 0 Å². The number of amides is 2. The number of rotatable bonds is 4. The van der Waals surface area contributed by atoms with Crippen molar-refractivity contribution < 1.29 is 14.7 Å². The molecule has 0 unspecified atom stereocenters. The predicted molar refractivity (Wildman–Crippen MR) is 86.5 cm³/mol. The molecule has 23 heavy (non-hydrogen) atoms. The molecule has 0 saturated carbocycles. The third kappa shape index (κ3) is 2.86. The Bertz CT molecular complexity index is 753. The van der Waals surface area contributed by atoms with E-state index in [1.807, 2.05) is 42.7 Å². The number of urea groups is 1. The number of para-hydroxylation sites is 2. The van der Waals surface area contributed by atoms with Crippen LogP contribution in [0.3, 0.4) is 0 Å². The number of carbonyl (C=O) groups is 2. The van der Waals surface area contributed by atoms with Crippen LogP contribution >= 0.6 is 0 Å². The zero-order chi connectivity index (χ0) is 16.6. The molecule has 0 spiro atoms. The first-order valence-corrected chi connectivity index (χ1v) is 7.73. The summed E-state index contributed by atoms with van der Waals surface area (Å²) in [4.78, 5) is 29.8. The lowest BCUT2D eigenvalue weighted by Gasteiger charge is -2.20. The molecule has 0 bridgehead atoms. The lowest BCUT2D eigenvalue weighted by molar-refractivity contribution is -0.139. The van der Waals surface area contributed by atoms with Crippen LogP contribution in [0.1, 0.15) is 20.3 Å². The van der Waals surface area contributed by atoms with Crippen molar-refractivity contribution >= 4 is 29.0 Å². The number of anilines is 1. The van der Waals surface area contributed by atoms with Gasteiger partial charge in [-0.25, -0.2) is 14.6 Å². The maximum atomic E-state index is 12.5. The van der Waals surface area contributed by atoms with Crippen LogP contribution in [0, 0.1) is 5.92 Å². The number of fused-ring (bicyclic) bond motifs is 3. The number of carboxylic acid groups (broad SMARTS) is 1. The number of aromatic nitrogens is 2. The Kier molecular flexibility index (Phi) is 3.94. The summed E-state index contributed by atoms with van der Waals surface area (Å²) in [6.45, 7) is 5.01. The molecular formula is C16H20N4O3. The molecule has 1 atom stereocenters. The molecule has 2 heterocycles. The van der Waals surface area contributed by atoms with Gasteiger partial charge in [0.15, 0.2) is 0 Å². The number of nitrogens with one attached hydrogen (secondary N) is 1. The molecule has 0 radical (unpaired) electrons. The fraction of sp³-hybridized carbons (Fsp3) is 0.438. The van der Waals surface area contributed by atoms with E-state index in [9.17, 15) is 14.7 Å². The van der Waals surface area contributed by atoms with Gasteiger partial charge in [0, 0.05) is 13.1 Å². The van der Waals surface area contributed by atoms with E-state index < -0.39 is 18.0 Å². The topological polar surface area (TPSA) is 87.5 Å². The van der Waals surface area contributed by atoms with Crippen LogP contribution in [0.5, 0.6) is 0 Å². The fourth-order valence-electron chi connectivity index (χ4n) is 2.90. The summed E-state index contributed by atoms with van der Waals surface area (Å²) in [6, 6.07) is 6.40. The zero-order valence-electron chi connectivity index (χ0n) is 13.2. The smallest absolute Gasteiger partial charge is 0.326 e. The SMILES string of the molecule is CC(C)C[C@H](NC(=O)N1CCn2c1nc1ccccc12)C(=O)O. The second-order valence-corrected chi connectivity index (χ2v) is 6.17. The second-order valence-electron chi connectivity index (χ2n) is 6.17. The molecule has 0 fully saturated rings. The molecule has 7 nitrogen and oxygen atoms in total. The van der Waals surface area contributed by atoms with Crippen LogP contribution < -0.4 is 10.2 Å². The summed E-state index contributed by atoms with van der Waals surface area (Å²) < 4.78 is 1.98. The molecule has 0 aliphatic carbocycles. The average Bonchev–Trinajstić information content (AvgIpc) is 3.04. The van der Waals surface area contributed by atoms with Gasteiger partial charge in [-0.2, -0.15) is 0 Å². The van der Waals surface area contributed by atoms with Gasteiger partial charge >= 0.3 is 12.0 Å². The summed E-state index contributed by atoms with van der Waals surface area (Å²) in [5, 5.41) is 11.9. The van der Waals surface area contributed by atoms with E-state index in [2.05, 4.69) is 10.3 Å². The molecular weight excluding hydrogens is 296 g/mol. The Balaban J connectivity index is 1.81. The van der Waals surface area contributed by atoms with Gasteiger partial charge in [0.1, 0.15) is 6.04 Å². The van der Waals surface area contributed by atoms with Gasteiger partial charge in [0.05, 0.1) is 11.0 Å². The van der Waals surface area contributed by atoms with E-state index in [1.54, 1.807) is 0 Å². The minimum Gasteiger partial charge on any atom is -0.480 e. The molecule has 122 valence electrons. The molecule has 1 aliphatic rings. The average molecular weight is 316 g/mol. The highest BCUT2D eigenvalue weighted by Gasteiger charge is 2.31. The molecule has 3 rings (SSSR count). The van der Waals surface area contributed by atoms with Crippen LogP contribution in [0.15, 0.2) is 24.3 Å². The zero-order valence-corrected chi connectivity index (χ0v) is 13.2. The summed E-state index contributed by atoms with van der Waals surface area (Å²) >= 11 is 0. The minimum atomic E-state index is -1.01. The fourth-order valence-corrected chi connectivity index (χ4v) is 2.90. The largest absolute Gasteiger partial charge is 0.480 e. The van der Waals surface area contributed by atoms with Crippen LogP contribution in [0.4, 0.5) is 10.7 Å². The van der Waals surface area contributed by atoms with Crippen molar-refractivity contribution in [2.75, 3.05) is 11.4 Å². The Morgan fingerprint density at radius 2 is 2.04 bits per heavy atom. The molecule has 7 heteroatoms. The highest BCUT2D eigenvalue weighted by Crippen LogP contribution is 2.27. The number of carbonyl (C=O) groups excluding carboxylic acids is 1. The quantitative estimate of drug-likeness (QED) is 0.904. The third-order valence-electron chi connectivity index (χ3n) is 3.97. The van der Waals surface area contributed by atoms with Crippen molar-refractivity contribution in [3.05, 3.63) is 24.3 Å². The highest BCUT2D eigenvalue weighted by atomic mass is 16.4.